The number of hydrogen-bond donors (Lipinski definition) is 0. The molecule has 1 aromatic rings. The lowest BCUT2D eigenvalue weighted by molar-refractivity contribution is -0.0170. The number of nitrogens with zero attached hydrogens (tertiary/aromatic N) is 2. The van der Waals surface area contributed by atoms with Gasteiger partial charge in [-0.25, -0.2) is 8.42 Å². The van der Waals surface area contributed by atoms with E-state index in [9.17, 15) is 8.42 Å². The van der Waals surface area contributed by atoms with Crippen molar-refractivity contribution in [2.75, 3.05) is 13.2 Å². The lowest BCUT2D eigenvalue weighted by atomic mass is 10.2. The van der Waals surface area contributed by atoms with Gasteiger partial charge in [0.1, 0.15) is 0 Å². The van der Waals surface area contributed by atoms with E-state index in [1.54, 1.807) is 24.3 Å². The normalized spacial score (nSPS) is 24.2. The predicted molar refractivity (Wildman–Crippen MR) is 74.5 cm³/mol. The Balaban J connectivity index is 2.27. The lowest BCUT2D eigenvalue weighted by Crippen LogP contribution is -2.50. The second kappa shape index (κ2) is 5.92. The van der Waals surface area contributed by atoms with Gasteiger partial charge in [-0.15, -0.1) is 0 Å². The minimum atomic E-state index is -3.51. The van der Waals surface area contributed by atoms with Gasteiger partial charge in [-0.1, -0.05) is 12.1 Å². The highest BCUT2D eigenvalue weighted by molar-refractivity contribution is 7.89. The van der Waals surface area contributed by atoms with Crippen LogP contribution < -0.4 is 0 Å². The molecule has 2 unspecified atom stereocenters. The Kier molecular flexibility index (Phi) is 4.43. The van der Waals surface area contributed by atoms with Crippen molar-refractivity contribution in [3.05, 3.63) is 29.8 Å². The molecule has 20 heavy (non-hydrogen) atoms. The molecule has 1 saturated heterocycles. The molecule has 0 bridgehead atoms. The quantitative estimate of drug-likeness (QED) is 0.848. The first-order valence-corrected chi connectivity index (χ1v) is 7.98. The van der Waals surface area contributed by atoms with Gasteiger partial charge in [0, 0.05) is 12.6 Å². The summed E-state index contributed by atoms with van der Waals surface area (Å²) in [6.07, 6.45) is 0.185. The minimum absolute atomic E-state index is 0.0983. The third kappa shape index (κ3) is 3.01. The zero-order chi connectivity index (χ0) is 14.8. The van der Waals surface area contributed by atoms with Crippen molar-refractivity contribution in [2.45, 2.75) is 37.3 Å². The van der Waals surface area contributed by atoms with Gasteiger partial charge < -0.3 is 4.74 Å². The molecule has 108 valence electrons. The smallest absolute Gasteiger partial charge is 0.243 e. The van der Waals surface area contributed by atoms with Crippen molar-refractivity contribution >= 4 is 10.0 Å². The van der Waals surface area contributed by atoms with Crippen LogP contribution in [0.2, 0.25) is 0 Å². The second-order valence-electron chi connectivity index (χ2n) is 5.05. The second-order valence-corrected chi connectivity index (χ2v) is 6.94. The minimum Gasteiger partial charge on any atom is -0.375 e. The summed E-state index contributed by atoms with van der Waals surface area (Å²) >= 11 is 0. The molecular formula is C14H18N2O3S. The predicted octanol–water partition coefficient (Wildman–Crippen LogP) is 1.55. The highest BCUT2D eigenvalue weighted by Crippen LogP contribution is 2.22. The fraction of sp³-hybridized carbons (Fsp3) is 0.500. The molecule has 1 aliphatic heterocycles. The molecular weight excluding hydrogens is 276 g/mol. The average Bonchev–Trinajstić information content (AvgIpc) is 2.42. The van der Waals surface area contributed by atoms with Crippen LogP contribution in [0.4, 0.5) is 0 Å². The van der Waals surface area contributed by atoms with Gasteiger partial charge in [0.05, 0.1) is 30.1 Å². The Morgan fingerprint density at radius 1 is 1.35 bits per heavy atom. The maximum absolute atomic E-state index is 12.6. The lowest BCUT2D eigenvalue weighted by Gasteiger charge is -2.35. The summed E-state index contributed by atoms with van der Waals surface area (Å²) in [4.78, 5) is 0.264. The molecule has 0 N–H and O–H groups in total. The van der Waals surface area contributed by atoms with Crippen molar-refractivity contribution in [1.82, 2.24) is 4.31 Å². The van der Waals surface area contributed by atoms with Crippen LogP contribution >= 0.6 is 0 Å². The molecule has 1 heterocycles. The molecule has 0 radical (unpaired) electrons. The Labute approximate surface area is 119 Å². The van der Waals surface area contributed by atoms with Crippen LogP contribution in [0, 0.1) is 11.3 Å². The van der Waals surface area contributed by atoms with Crippen LogP contribution in [-0.2, 0) is 21.2 Å². The van der Waals surface area contributed by atoms with Crippen LogP contribution in [-0.4, -0.2) is 38.0 Å². The third-order valence-electron chi connectivity index (χ3n) is 3.36. The number of hydrogen-bond acceptors (Lipinski definition) is 4. The zero-order valence-electron chi connectivity index (χ0n) is 11.6. The van der Waals surface area contributed by atoms with E-state index in [0.29, 0.717) is 13.2 Å². The van der Waals surface area contributed by atoms with Crippen LogP contribution in [0.15, 0.2) is 29.2 Å². The largest absolute Gasteiger partial charge is 0.375 e. The van der Waals surface area contributed by atoms with Crippen molar-refractivity contribution in [3.8, 4) is 6.07 Å². The molecule has 1 aromatic carbocycles. The molecule has 0 spiro atoms. The molecule has 1 fully saturated rings. The number of rotatable bonds is 3. The maximum atomic E-state index is 12.6. The molecule has 0 saturated carbocycles. The van der Waals surface area contributed by atoms with E-state index >= 15 is 0 Å². The van der Waals surface area contributed by atoms with E-state index in [1.165, 1.54) is 4.31 Å². The Bertz CT molecular complexity index is 604. The maximum Gasteiger partial charge on any atom is 0.243 e. The van der Waals surface area contributed by atoms with Crippen molar-refractivity contribution in [1.29, 1.82) is 5.26 Å². The summed E-state index contributed by atoms with van der Waals surface area (Å²) in [5.74, 6) is 0. The van der Waals surface area contributed by atoms with Gasteiger partial charge in [0.15, 0.2) is 0 Å². The SMILES string of the molecule is CC1CN(S(=O)(=O)c2ccc(CC#N)cc2)C(C)CO1. The standard InChI is InChI=1S/C14H18N2O3S/c1-11-10-19-12(2)9-16(11)20(17,18)14-5-3-13(4-6-14)7-8-15/h3-6,11-12H,7,9-10H2,1-2H3. The van der Waals surface area contributed by atoms with E-state index in [0.717, 1.165) is 5.56 Å². The topological polar surface area (TPSA) is 70.4 Å². The van der Waals surface area contributed by atoms with Gasteiger partial charge in [-0.3, -0.25) is 0 Å². The third-order valence-corrected chi connectivity index (χ3v) is 5.36. The molecule has 2 atom stereocenters. The molecule has 6 heteroatoms. The van der Waals surface area contributed by atoms with E-state index in [1.807, 2.05) is 19.9 Å². The highest BCUT2D eigenvalue weighted by atomic mass is 32.2. The van der Waals surface area contributed by atoms with E-state index in [4.69, 9.17) is 10.00 Å². The van der Waals surface area contributed by atoms with Gasteiger partial charge in [-0.2, -0.15) is 9.57 Å². The van der Waals surface area contributed by atoms with E-state index in [-0.39, 0.29) is 23.5 Å². The van der Waals surface area contributed by atoms with Gasteiger partial charge in [0.2, 0.25) is 10.0 Å². The van der Waals surface area contributed by atoms with Crippen LogP contribution in [0.5, 0.6) is 0 Å². The molecule has 1 aliphatic rings. The molecule has 2 rings (SSSR count). The fourth-order valence-electron chi connectivity index (χ4n) is 2.21. The van der Waals surface area contributed by atoms with Crippen LogP contribution in [0.3, 0.4) is 0 Å². The summed E-state index contributed by atoms with van der Waals surface area (Å²) in [5, 5.41) is 8.63. The van der Waals surface area contributed by atoms with Gasteiger partial charge in [-0.05, 0) is 31.5 Å². The van der Waals surface area contributed by atoms with Gasteiger partial charge in [0.25, 0.3) is 0 Å². The first kappa shape index (κ1) is 15.0. The summed E-state index contributed by atoms with van der Waals surface area (Å²) < 4.78 is 32.2. The number of sulfonamides is 1. The van der Waals surface area contributed by atoms with E-state index in [2.05, 4.69) is 0 Å². The summed E-state index contributed by atoms with van der Waals surface area (Å²) in [6.45, 7) is 4.48. The van der Waals surface area contributed by atoms with Crippen LogP contribution in [0.25, 0.3) is 0 Å². The van der Waals surface area contributed by atoms with E-state index < -0.39 is 10.0 Å². The Morgan fingerprint density at radius 3 is 2.60 bits per heavy atom. The highest BCUT2D eigenvalue weighted by Gasteiger charge is 2.33. The van der Waals surface area contributed by atoms with Gasteiger partial charge >= 0.3 is 0 Å². The summed E-state index contributed by atoms with van der Waals surface area (Å²) in [7, 11) is -3.51. The molecule has 5 nitrogen and oxygen atoms in total. The number of benzene rings is 1. The van der Waals surface area contributed by atoms with Crippen molar-refractivity contribution < 1.29 is 13.2 Å². The Hall–Kier alpha value is -1.42. The summed E-state index contributed by atoms with van der Waals surface area (Å²) in [6, 6.07) is 8.37. The zero-order valence-corrected chi connectivity index (χ0v) is 12.4. The first-order valence-electron chi connectivity index (χ1n) is 6.54. The fourth-order valence-corrected chi connectivity index (χ4v) is 3.91. The summed E-state index contributed by atoms with van der Waals surface area (Å²) in [5.41, 5.74) is 0.815. The molecule has 0 amide bonds. The average molecular weight is 294 g/mol. The number of morpholine rings is 1. The van der Waals surface area contributed by atoms with Crippen LogP contribution in [0.1, 0.15) is 19.4 Å². The Morgan fingerprint density at radius 2 is 2.00 bits per heavy atom. The first-order chi connectivity index (χ1) is 9.45. The van der Waals surface area contributed by atoms with Crippen molar-refractivity contribution in [3.63, 3.8) is 0 Å². The monoisotopic (exact) mass is 294 g/mol. The molecule has 0 aromatic heterocycles. The number of ether oxygens (including phenoxy) is 1. The van der Waals surface area contributed by atoms with Crippen molar-refractivity contribution in [2.24, 2.45) is 0 Å². The number of nitriles is 1. The molecule has 0 aliphatic carbocycles.